The maximum Gasteiger partial charge on any atom is 0.105 e. The second-order valence-corrected chi connectivity index (χ2v) is 5.33. The summed E-state index contributed by atoms with van der Waals surface area (Å²) < 4.78 is 2.11. The third kappa shape index (κ3) is 1.57. The fourth-order valence-electron chi connectivity index (χ4n) is 3.05. The predicted molar refractivity (Wildman–Crippen MR) is 63.2 cm³/mol. The van der Waals surface area contributed by atoms with Crippen molar-refractivity contribution in [1.29, 1.82) is 0 Å². The largest absolute Gasteiger partial charge is 0.338 e. The lowest BCUT2D eigenvalue weighted by Gasteiger charge is -2.55. The van der Waals surface area contributed by atoms with Gasteiger partial charge in [0, 0.05) is 45.0 Å². The molecular formula is C12H20N4. The molecule has 2 saturated heterocycles. The van der Waals surface area contributed by atoms with Gasteiger partial charge in [0.1, 0.15) is 5.82 Å². The second kappa shape index (κ2) is 3.57. The second-order valence-electron chi connectivity index (χ2n) is 5.33. The molecule has 0 aromatic carbocycles. The van der Waals surface area contributed by atoms with Crippen molar-refractivity contribution in [3.8, 4) is 0 Å². The number of piperidine rings is 1. The molecule has 0 N–H and O–H groups in total. The molecule has 0 amide bonds. The van der Waals surface area contributed by atoms with Crippen LogP contribution in [0.4, 0.5) is 0 Å². The van der Waals surface area contributed by atoms with Crippen LogP contribution in [0.15, 0.2) is 6.20 Å². The summed E-state index contributed by atoms with van der Waals surface area (Å²) in [4.78, 5) is 9.64. The number of nitrogens with zero attached hydrogens (tertiary/aromatic N) is 4. The molecule has 2 unspecified atom stereocenters. The smallest absolute Gasteiger partial charge is 0.105 e. The fraction of sp³-hybridized carbons (Fsp3) is 0.750. The van der Waals surface area contributed by atoms with Crippen molar-refractivity contribution in [2.75, 3.05) is 20.1 Å². The molecule has 1 aromatic rings. The predicted octanol–water partition coefficient (Wildman–Crippen LogP) is 0.617. The van der Waals surface area contributed by atoms with Crippen molar-refractivity contribution in [1.82, 2.24) is 19.4 Å². The van der Waals surface area contributed by atoms with Crippen molar-refractivity contribution in [3.63, 3.8) is 0 Å². The van der Waals surface area contributed by atoms with Crippen LogP contribution in [0.1, 0.15) is 17.9 Å². The van der Waals surface area contributed by atoms with Gasteiger partial charge in [-0.25, -0.2) is 4.98 Å². The summed E-state index contributed by atoms with van der Waals surface area (Å²) in [5.74, 6) is 1.11. The minimum atomic E-state index is 0.770. The molecule has 2 fully saturated rings. The lowest BCUT2D eigenvalue weighted by Crippen LogP contribution is -2.67. The molecule has 4 heteroatoms. The molecule has 16 heavy (non-hydrogen) atoms. The van der Waals surface area contributed by atoms with E-state index in [2.05, 4.69) is 46.6 Å². The molecule has 0 spiro atoms. The molecule has 2 atom stereocenters. The number of rotatable bonds is 2. The van der Waals surface area contributed by atoms with Crippen LogP contribution < -0.4 is 0 Å². The van der Waals surface area contributed by atoms with Gasteiger partial charge in [0.2, 0.25) is 0 Å². The molecular weight excluding hydrogens is 200 g/mol. The Kier molecular flexibility index (Phi) is 2.30. The first-order chi connectivity index (χ1) is 7.63. The Labute approximate surface area is 96.9 Å². The summed E-state index contributed by atoms with van der Waals surface area (Å²) in [6, 6.07) is 1.54. The monoisotopic (exact) mass is 220 g/mol. The third-order valence-corrected chi connectivity index (χ3v) is 4.03. The number of imidazole rings is 1. The van der Waals surface area contributed by atoms with E-state index in [9.17, 15) is 0 Å². The summed E-state index contributed by atoms with van der Waals surface area (Å²) in [6.45, 7) is 5.55. The van der Waals surface area contributed by atoms with Gasteiger partial charge in [0.05, 0.1) is 5.69 Å². The Hall–Kier alpha value is -0.870. The zero-order valence-electron chi connectivity index (χ0n) is 10.3. The average Bonchev–Trinajstić information content (AvgIpc) is 2.55. The van der Waals surface area contributed by atoms with Crippen LogP contribution in [0.5, 0.6) is 0 Å². The van der Waals surface area contributed by atoms with E-state index in [1.807, 2.05) is 0 Å². The molecule has 88 valence electrons. The Balaban J connectivity index is 1.68. The van der Waals surface area contributed by atoms with Crippen LogP contribution >= 0.6 is 0 Å². The molecule has 0 saturated carbocycles. The van der Waals surface area contributed by atoms with Crippen LogP contribution in [0.2, 0.25) is 0 Å². The summed E-state index contributed by atoms with van der Waals surface area (Å²) in [5.41, 5.74) is 1.22. The molecule has 3 rings (SSSR count). The molecule has 1 aromatic heterocycles. The minimum Gasteiger partial charge on any atom is -0.338 e. The van der Waals surface area contributed by atoms with Gasteiger partial charge in [-0.15, -0.1) is 0 Å². The lowest BCUT2D eigenvalue weighted by molar-refractivity contribution is -0.0674. The van der Waals surface area contributed by atoms with E-state index in [-0.39, 0.29) is 0 Å². The topological polar surface area (TPSA) is 24.3 Å². The molecule has 2 bridgehead atoms. The normalized spacial score (nSPS) is 30.4. The molecule has 4 nitrogen and oxygen atoms in total. The molecule has 2 aliphatic rings. The summed E-state index contributed by atoms with van der Waals surface area (Å²) in [5, 5.41) is 0. The Morgan fingerprint density at radius 1 is 1.31 bits per heavy atom. The number of aryl methyl sites for hydroxylation is 2. The van der Waals surface area contributed by atoms with Gasteiger partial charge in [-0.1, -0.05) is 0 Å². The molecule has 0 aliphatic carbocycles. The molecule has 2 aliphatic heterocycles. The van der Waals surface area contributed by atoms with Crippen LogP contribution in [-0.4, -0.2) is 51.6 Å². The standard InChI is InChI=1S/C12H20N4/c1-9-13-10(5-15(9)3)6-16-11-4-12(16)8-14(2)7-11/h5,11-12H,4,6-8H2,1-3H3. The quantitative estimate of drug-likeness (QED) is 0.730. The van der Waals surface area contributed by atoms with E-state index in [1.165, 1.54) is 25.2 Å². The number of hydrogen-bond donors (Lipinski definition) is 0. The van der Waals surface area contributed by atoms with Crippen molar-refractivity contribution in [2.24, 2.45) is 7.05 Å². The highest BCUT2D eigenvalue weighted by molar-refractivity contribution is 5.07. The summed E-state index contributed by atoms with van der Waals surface area (Å²) in [7, 11) is 4.29. The maximum absolute atomic E-state index is 4.59. The first-order valence-corrected chi connectivity index (χ1v) is 6.06. The number of aromatic nitrogens is 2. The van der Waals surface area contributed by atoms with Crippen LogP contribution in [0, 0.1) is 6.92 Å². The van der Waals surface area contributed by atoms with E-state index < -0.39 is 0 Å². The van der Waals surface area contributed by atoms with Gasteiger partial charge in [-0.05, 0) is 20.4 Å². The van der Waals surface area contributed by atoms with E-state index >= 15 is 0 Å². The maximum atomic E-state index is 4.59. The molecule has 0 radical (unpaired) electrons. The van der Waals surface area contributed by atoms with E-state index in [1.54, 1.807) is 0 Å². The zero-order valence-corrected chi connectivity index (χ0v) is 10.3. The number of likely N-dealkylation sites (N-methyl/N-ethyl adjacent to an activating group) is 1. The zero-order chi connectivity index (χ0) is 11.3. The number of likely N-dealkylation sites (tertiary alicyclic amines) is 2. The third-order valence-electron chi connectivity index (χ3n) is 4.03. The van der Waals surface area contributed by atoms with Crippen LogP contribution in [0.3, 0.4) is 0 Å². The lowest BCUT2D eigenvalue weighted by atomic mass is 9.87. The Morgan fingerprint density at radius 3 is 2.56 bits per heavy atom. The SMILES string of the molecule is Cc1nc(CN2C3CC2CN(C)C3)cn1C. The number of fused-ring (bicyclic) bond motifs is 2. The van der Waals surface area contributed by atoms with Crippen molar-refractivity contribution in [2.45, 2.75) is 32.0 Å². The van der Waals surface area contributed by atoms with Gasteiger partial charge < -0.3 is 9.47 Å². The van der Waals surface area contributed by atoms with E-state index in [0.29, 0.717) is 0 Å². The van der Waals surface area contributed by atoms with E-state index in [4.69, 9.17) is 0 Å². The highest BCUT2D eigenvalue weighted by atomic mass is 15.3. The van der Waals surface area contributed by atoms with Gasteiger partial charge >= 0.3 is 0 Å². The summed E-state index contributed by atoms with van der Waals surface area (Å²) >= 11 is 0. The minimum absolute atomic E-state index is 0.770. The Morgan fingerprint density at radius 2 is 2.00 bits per heavy atom. The first-order valence-electron chi connectivity index (χ1n) is 6.06. The van der Waals surface area contributed by atoms with Gasteiger partial charge in [0.25, 0.3) is 0 Å². The highest BCUT2D eigenvalue weighted by Gasteiger charge is 2.43. The van der Waals surface area contributed by atoms with Crippen molar-refractivity contribution in [3.05, 3.63) is 17.7 Å². The van der Waals surface area contributed by atoms with Gasteiger partial charge in [0.15, 0.2) is 0 Å². The van der Waals surface area contributed by atoms with Crippen molar-refractivity contribution >= 4 is 0 Å². The van der Waals surface area contributed by atoms with Gasteiger partial charge in [-0.2, -0.15) is 0 Å². The first kappa shape index (κ1) is 10.3. The van der Waals surface area contributed by atoms with Gasteiger partial charge in [-0.3, -0.25) is 4.90 Å². The summed E-state index contributed by atoms with van der Waals surface area (Å²) in [6.07, 6.45) is 3.54. The number of hydrogen-bond acceptors (Lipinski definition) is 3. The van der Waals surface area contributed by atoms with Crippen molar-refractivity contribution < 1.29 is 0 Å². The molecule has 3 heterocycles. The fourth-order valence-corrected chi connectivity index (χ4v) is 3.05. The average molecular weight is 220 g/mol. The van der Waals surface area contributed by atoms with E-state index in [0.717, 1.165) is 24.5 Å². The Bertz CT molecular complexity index is 366. The van der Waals surface area contributed by atoms with Crippen LogP contribution in [0.25, 0.3) is 0 Å². The highest BCUT2D eigenvalue weighted by Crippen LogP contribution is 2.32. The number of piperazine rings is 1. The van der Waals surface area contributed by atoms with Crippen LogP contribution in [-0.2, 0) is 13.6 Å².